The van der Waals surface area contributed by atoms with Gasteiger partial charge in [-0.15, -0.1) is 0 Å². The zero-order chi connectivity index (χ0) is 30.2. The molecular formula is C36H24N8S2. The van der Waals surface area contributed by atoms with E-state index in [2.05, 4.69) is 100 Å². The first-order valence-corrected chi connectivity index (χ1v) is 16.8. The van der Waals surface area contributed by atoms with Gasteiger partial charge in [-0.25, -0.2) is 9.97 Å². The van der Waals surface area contributed by atoms with Crippen LogP contribution in [0.4, 0.5) is 40.1 Å². The first-order chi connectivity index (χ1) is 22.8. The van der Waals surface area contributed by atoms with Gasteiger partial charge in [-0.1, -0.05) is 72.1 Å². The van der Waals surface area contributed by atoms with Gasteiger partial charge >= 0.3 is 0 Å². The average molecular weight is 633 g/mol. The molecule has 220 valence electrons. The van der Waals surface area contributed by atoms with Gasteiger partial charge in [0.25, 0.3) is 0 Å². The molecule has 5 heterocycles. The van der Waals surface area contributed by atoms with Gasteiger partial charge in [-0.2, -0.15) is 0 Å². The minimum atomic E-state index is 0.597. The van der Waals surface area contributed by atoms with E-state index >= 15 is 0 Å². The lowest BCUT2D eigenvalue weighted by Crippen LogP contribution is -2.27. The Kier molecular flexibility index (Phi) is 5.76. The maximum Gasteiger partial charge on any atom is 0.182 e. The Labute approximate surface area is 273 Å². The molecule has 3 aliphatic heterocycles. The second-order valence-electron chi connectivity index (χ2n) is 11.3. The van der Waals surface area contributed by atoms with Crippen LogP contribution in [0.3, 0.4) is 0 Å². The van der Waals surface area contributed by atoms with Crippen LogP contribution in [0.1, 0.15) is 12.8 Å². The van der Waals surface area contributed by atoms with Crippen LogP contribution in [0, 0.1) is 0 Å². The van der Waals surface area contributed by atoms with Crippen molar-refractivity contribution in [2.75, 3.05) is 21.7 Å². The van der Waals surface area contributed by atoms with Gasteiger partial charge in [0.1, 0.15) is 27.8 Å². The van der Waals surface area contributed by atoms with E-state index in [1.165, 1.54) is 15.5 Å². The van der Waals surface area contributed by atoms with Crippen molar-refractivity contribution in [3.8, 4) is 0 Å². The van der Waals surface area contributed by atoms with Gasteiger partial charge in [0.2, 0.25) is 0 Å². The topological polar surface area (TPSA) is 82.4 Å². The number of benzene rings is 4. The molecule has 1 N–H and O–H groups in total. The number of thioether (sulfide) groups is 1. The number of hydrogen-bond acceptors (Lipinski definition) is 10. The summed E-state index contributed by atoms with van der Waals surface area (Å²) >= 11 is 3.60. The Balaban J connectivity index is 1.37. The van der Waals surface area contributed by atoms with Crippen molar-refractivity contribution in [1.29, 1.82) is 0 Å². The fourth-order valence-electron chi connectivity index (χ4n) is 6.66. The van der Waals surface area contributed by atoms with Crippen LogP contribution in [0.25, 0.3) is 22.1 Å². The van der Waals surface area contributed by atoms with Crippen molar-refractivity contribution in [3.05, 3.63) is 108 Å². The van der Waals surface area contributed by atoms with Crippen LogP contribution < -0.4 is 15.1 Å². The summed E-state index contributed by atoms with van der Waals surface area (Å²) in [5, 5.41) is 3.55. The highest BCUT2D eigenvalue weighted by atomic mass is 32.2. The quantitative estimate of drug-likeness (QED) is 0.187. The molecule has 0 atom stereocenters. The predicted molar refractivity (Wildman–Crippen MR) is 188 cm³/mol. The maximum atomic E-state index is 5.62. The zero-order valence-electron chi connectivity index (χ0n) is 24.4. The lowest BCUT2D eigenvalue weighted by Gasteiger charge is -2.38. The van der Waals surface area contributed by atoms with Crippen molar-refractivity contribution in [1.82, 2.24) is 19.9 Å². The molecule has 8 nitrogen and oxygen atoms in total. The van der Waals surface area contributed by atoms with Crippen LogP contribution in [-0.2, 0) is 0 Å². The number of hydrogen-bond donors (Lipinski definition) is 1. The minimum absolute atomic E-state index is 0.597. The van der Waals surface area contributed by atoms with Gasteiger partial charge in [0.15, 0.2) is 11.6 Å². The number of nitrogens with one attached hydrogen (secondary N) is 1. The Morgan fingerprint density at radius 3 is 2.04 bits per heavy atom. The summed E-state index contributed by atoms with van der Waals surface area (Å²) in [6, 6.07) is 25.7. The summed E-state index contributed by atoms with van der Waals surface area (Å²) in [6.45, 7) is 0.597. The van der Waals surface area contributed by atoms with E-state index < -0.39 is 0 Å². The normalized spacial score (nSPS) is 16.1. The summed E-state index contributed by atoms with van der Waals surface area (Å²) in [5.41, 5.74) is 8.85. The van der Waals surface area contributed by atoms with E-state index in [9.17, 15) is 0 Å². The van der Waals surface area contributed by atoms with Crippen LogP contribution in [-0.4, -0.2) is 32.7 Å². The molecule has 0 radical (unpaired) electrons. The third-order valence-corrected chi connectivity index (χ3v) is 10.9. The molecule has 0 fully saturated rings. The van der Waals surface area contributed by atoms with Crippen molar-refractivity contribution >= 4 is 91.9 Å². The van der Waals surface area contributed by atoms with Gasteiger partial charge in [-0.3, -0.25) is 24.8 Å². The molecule has 10 heteroatoms. The SMILES string of the molecule is C1=CC2=C(CC1)N(c1nc3c4c(c5nccnc5c3nc1N1c3ccccc3Sc3ccccc31)N=CCN4)c1ccccc1S2. The first-order valence-electron chi connectivity index (χ1n) is 15.2. The number of para-hydroxylation sites is 3. The first kappa shape index (κ1) is 26.1. The number of anilines is 6. The average Bonchev–Trinajstić information content (AvgIpc) is 3.12. The standard InChI is InChI=1S/C36H24N8S2/c1-5-13-25-21(9-1)43(22-10-2-6-14-26(22)45-25)35-36(44-23-11-3-7-15-27(23)46-28-16-8-4-12-24(28)44)42-34-32-30(38-18-20-40-32)29-31(33(34)41-35)39-19-17-37-29/h1-3,5-11,13-19,40H,4,12,20H2. The molecule has 4 aliphatic rings. The van der Waals surface area contributed by atoms with Crippen molar-refractivity contribution in [2.45, 2.75) is 27.5 Å². The van der Waals surface area contributed by atoms with E-state index in [1.54, 1.807) is 24.2 Å². The van der Waals surface area contributed by atoms with Crippen molar-refractivity contribution in [3.63, 3.8) is 0 Å². The second kappa shape index (κ2) is 10.2. The molecule has 4 aromatic carbocycles. The van der Waals surface area contributed by atoms with Crippen LogP contribution in [0.5, 0.6) is 0 Å². The zero-order valence-corrected chi connectivity index (χ0v) is 26.0. The van der Waals surface area contributed by atoms with Crippen molar-refractivity contribution < 1.29 is 0 Å². The fourth-order valence-corrected chi connectivity index (χ4v) is 8.84. The molecule has 6 aromatic rings. The highest BCUT2D eigenvalue weighted by Gasteiger charge is 2.36. The lowest BCUT2D eigenvalue weighted by atomic mass is 10.1. The Bertz CT molecular complexity index is 2320. The molecule has 0 spiro atoms. The number of rotatable bonds is 2. The van der Waals surface area contributed by atoms with E-state index in [1.807, 2.05) is 18.0 Å². The van der Waals surface area contributed by atoms with Gasteiger partial charge < -0.3 is 5.32 Å². The second-order valence-corrected chi connectivity index (χ2v) is 13.4. The smallest absolute Gasteiger partial charge is 0.182 e. The molecule has 0 unspecified atom stereocenters. The third-order valence-electron chi connectivity index (χ3n) is 8.62. The van der Waals surface area contributed by atoms with Crippen molar-refractivity contribution in [2.24, 2.45) is 4.99 Å². The molecular weight excluding hydrogens is 609 g/mol. The number of allylic oxidation sites excluding steroid dienone is 3. The molecule has 0 saturated carbocycles. The molecule has 0 bridgehead atoms. The predicted octanol–water partition coefficient (Wildman–Crippen LogP) is 9.44. The molecule has 2 aromatic heterocycles. The van der Waals surface area contributed by atoms with E-state index in [-0.39, 0.29) is 0 Å². The fraction of sp³-hybridized carbons (Fsp3) is 0.0833. The monoisotopic (exact) mass is 632 g/mol. The summed E-state index contributed by atoms with van der Waals surface area (Å²) < 4.78 is 0. The minimum Gasteiger partial charge on any atom is -0.376 e. The molecule has 10 rings (SSSR count). The van der Waals surface area contributed by atoms with Gasteiger partial charge in [0, 0.05) is 43.9 Å². The molecule has 0 amide bonds. The Morgan fingerprint density at radius 1 is 0.652 bits per heavy atom. The summed E-state index contributed by atoms with van der Waals surface area (Å²) in [6.07, 6.45) is 11.7. The highest BCUT2D eigenvalue weighted by Crippen LogP contribution is 2.56. The van der Waals surface area contributed by atoms with Gasteiger partial charge in [-0.05, 0) is 49.2 Å². The van der Waals surface area contributed by atoms with Crippen LogP contribution >= 0.6 is 23.5 Å². The third kappa shape index (κ3) is 3.80. The van der Waals surface area contributed by atoms with E-state index in [0.29, 0.717) is 23.1 Å². The number of aromatic nitrogens is 4. The Morgan fingerprint density at radius 2 is 1.28 bits per heavy atom. The highest BCUT2D eigenvalue weighted by molar-refractivity contribution is 8.03. The molecule has 1 aliphatic carbocycles. The molecule has 0 saturated heterocycles. The summed E-state index contributed by atoms with van der Waals surface area (Å²) in [5.74, 6) is 1.50. The van der Waals surface area contributed by atoms with Crippen LogP contribution in [0.2, 0.25) is 0 Å². The summed E-state index contributed by atoms with van der Waals surface area (Å²) in [4.78, 5) is 34.9. The van der Waals surface area contributed by atoms with Crippen LogP contribution in [0.15, 0.2) is 128 Å². The molecule has 46 heavy (non-hydrogen) atoms. The van der Waals surface area contributed by atoms with E-state index in [0.717, 1.165) is 68.2 Å². The lowest BCUT2D eigenvalue weighted by molar-refractivity contribution is 0.891. The maximum absolute atomic E-state index is 5.62. The Hall–Kier alpha value is -5.19. The number of aliphatic imine (C=N–C) groups is 1. The summed E-state index contributed by atoms with van der Waals surface area (Å²) in [7, 11) is 0. The van der Waals surface area contributed by atoms with E-state index in [4.69, 9.17) is 24.9 Å². The number of fused-ring (bicyclic) bond motifs is 9. The largest absolute Gasteiger partial charge is 0.376 e. The number of nitrogens with zero attached hydrogens (tertiary/aromatic N) is 7. The van der Waals surface area contributed by atoms with Gasteiger partial charge in [0.05, 0.1) is 29.3 Å².